The molecule has 2 saturated heterocycles. The van der Waals surface area contributed by atoms with Crippen molar-refractivity contribution in [2.24, 2.45) is 0 Å². The molecule has 0 saturated carbocycles. The third-order valence-electron chi connectivity index (χ3n) is 5.65. The first kappa shape index (κ1) is 20.8. The van der Waals surface area contributed by atoms with Gasteiger partial charge in [0.2, 0.25) is 10.0 Å². The fourth-order valence-corrected chi connectivity index (χ4v) is 5.96. The van der Waals surface area contributed by atoms with Crippen molar-refractivity contribution in [1.82, 2.24) is 29.4 Å². The van der Waals surface area contributed by atoms with Gasteiger partial charge in [0.15, 0.2) is 11.6 Å². The van der Waals surface area contributed by atoms with E-state index in [1.54, 1.807) is 28.0 Å². The van der Waals surface area contributed by atoms with Crippen LogP contribution < -0.4 is 4.90 Å². The van der Waals surface area contributed by atoms with E-state index in [9.17, 15) is 8.42 Å². The summed E-state index contributed by atoms with van der Waals surface area (Å²) in [6.07, 6.45) is 4.82. The van der Waals surface area contributed by atoms with Crippen molar-refractivity contribution in [1.29, 1.82) is 0 Å². The van der Waals surface area contributed by atoms with Crippen LogP contribution in [0.5, 0.6) is 0 Å². The van der Waals surface area contributed by atoms with Crippen LogP contribution in [0, 0.1) is 0 Å². The van der Waals surface area contributed by atoms with Gasteiger partial charge in [0.25, 0.3) is 0 Å². The topological polar surface area (TPSA) is 108 Å². The number of hydrogen-bond acceptors (Lipinski definition) is 9. The highest BCUT2D eigenvalue weighted by atomic mass is 32.2. The van der Waals surface area contributed by atoms with Crippen LogP contribution in [0.4, 0.5) is 5.82 Å². The zero-order chi connectivity index (χ0) is 21.4. The van der Waals surface area contributed by atoms with Crippen molar-refractivity contribution in [3.8, 4) is 11.4 Å². The summed E-state index contributed by atoms with van der Waals surface area (Å²) in [5, 5.41) is 6.87. The molecular formula is C19H25N7O3S2. The average Bonchev–Trinajstić information content (AvgIpc) is 3.43. The zero-order valence-electron chi connectivity index (χ0n) is 17.3. The summed E-state index contributed by atoms with van der Waals surface area (Å²) in [5.41, 5.74) is 1.79. The Hall–Kier alpha value is -2.12. The van der Waals surface area contributed by atoms with Crippen molar-refractivity contribution < 1.29 is 13.2 Å². The number of aromatic nitrogens is 4. The molecule has 31 heavy (non-hydrogen) atoms. The fraction of sp³-hybridized carbons (Fsp3) is 0.526. The Kier molecular flexibility index (Phi) is 5.65. The van der Waals surface area contributed by atoms with E-state index in [1.807, 2.05) is 0 Å². The number of sulfonamides is 1. The minimum absolute atomic E-state index is 0.535. The molecule has 5 rings (SSSR count). The minimum Gasteiger partial charge on any atom is -0.378 e. The lowest BCUT2D eigenvalue weighted by Gasteiger charge is -2.32. The summed E-state index contributed by atoms with van der Waals surface area (Å²) >= 11 is 1.72. The van der Waals surface area contributed by atoms with Crippen molar-refractivity contribution in [2.45, 2.75) is 6.54 Å². The van der Waals surface area contributed by atoms with Gasteiger partial charge in [-0.15, -0.1) is 11.3 Å². The third-order valence-corrected chi connectivity index (χ3v) is 8.06. The van der Waals surface area contributed by atoms with E-state index in [2.05, 4.69) is 26.1 Å². The van der Waals surface area contributed by atoms with Crippen LogP contribution in [0.15, 0.2) is 18.5 Å². The highest BCUT2D eigenvalue weighted by Gasteiger charge is 2.25. The largest absolute Gasteiger partial charge is 0.378 e. The normalized spacial score (nSPS) is 19.3. The maximum absolute atomic E-state index is 11.8. The van der Waals surface area contributed by atoms with Gasteiger partial charge in [-0.3, -0.25) is 10.00 Å². The average molecular weight is 464 g/mol. The number of thiophene rings is 1. The fourth-order valence-electron chi connectivity index (χ4n) is 3.97. The maximum atomic E-state index is 11.8. The second-order valence-electron chi connectivity index (χ2n) is 7.82. The van der Waals surface area contributed by atoms with E-state index in [1.165, 1.54) is 11.1 Å². The first-order chi connectivity index (χ1) is 15.0. The Labute approximate surface area is 184 Å². The quantitative estimate of drug-likeness (QED) is 0.597. The molecule has 2 aliphatic heterocycles. The highest BCUT2D eigenvalue weighted by Crippen LogP contribution is 2.35. The Bertz CT molecular complexity index is 1150. The molecule has 0 spiro atoms. The first-order valence-electron chi connectivity index (χ1n) is 10.3. The van der Waals surface area contributed by atoms with E-state index in [0.717, 1.165) is 54.3 Å². The Balaban J connectivity index is 1.43. The summed E-state index contributed by atoms with van der Waals surface area (Å²) in [6.45, 7) is 6.29. The van der Waals surface area contributed by atoms with Gasteiger partial charge in [0.1, 0.15) is 0 Å². The van der Waals surface area contributed by atoms with Gasteiger partial charge in [0, 0.05) is 56.9 Å². The summed E-state index contributed by atoms with van der Waals surface area (Å²) in [6, 6.07) is 2.14. The number of nitrogens with zero attached hydrogens (tertiary/aromatic N) is 6. The predicted octanol–water partition coefficient (Wildman–Crippen LogP) is 0.995. The van der Waals surface area contributed by atoms with E-state index in [0.29, 0.717) is 32.1 Å². The van der Waals surface area contributed by atoms with Crippen LogP contribution in [0.3, 0.4) is 0 Å². The van der Waals surface area contributed by atoms with Gasteiger partial charge < -0.3 is 9.64 Å². The van der Waals surface area contributed by atoms with Crippen LogP contribution in [-0.2, 0) is 21.3 Å². The molecule has 0 atom stereocenters. The van der Waals surface area contributed by atoms with E-state index >= 15 is 0 Å². The van der Waals surface area contributed by atoms with Crippen LogP contribution in [-0.4, -0.2) is 96.5 Å². The van der Waals surface area contributed by atoms with Crippen LogP contribution in [0.2, 0.25) is 0 Å². The lowest BCUT2D eigenvalue weighted by molar-refractivity contribution is 0.122. The van der Waals surface area contributed by atoms with Crippen LogP contribution in [0.1, 0.15) is 4.88 Å². The molecule has 2 aliphatic rings. The van der Waals surface area contributed by atoms with Gasteiger partial charge in [0.05, 0.1) is 41.4 Å². The van der Waals surface area contributed by atoms with Gasteiger partial charge in [-0.2, -0.15) is 9.40 Å². The third kappa shape index (κ3) is 4.44. The van der Waals surface area contributed by atoms with Crippen molar-refractivity contribution in [3.05, 3.63) is 23.3 Å². The number of morpholine rings is 1. The van der Waals surface area contributed by atoms with Crippen LogP contribution >= 0.6 is 11.3 Å². The molecule has 0 aliphatic carbocycles. The van der Waals surface area contributed by atoms with E-state index in [-0.39, 0.29) is 0 Å². The molecule has 12 heteroatoms. The number of H-pyrrole nitrogens is 1. The summed E-state index contributed by atoms with van der Waals surface area (Å²) < 4.78 is 31.7. The molecule has 1 N–H and O–H groups in total. The number of ether oxygens (including phenoxy) is 1. The summed E-state index contributed by atoms with van der Waals surface area (Å²) in [4.78, 5) is 15.5. The Morgan fingerprint density at radius 2 is 1.90 bits per heavy atom. The molecule has 0 amide bonds. The number of hydrogen-bond donors (Lipinski definition) is 1. The monoisotopic (exact) mass is 463 g/mol. The smallest absolute Gasteiger partial charge is 0.211 e. The van der Waals surface area contributed by atoms with Gasteiger partial charge >= 0.3 is 0 Å². The molecule has 2 fully saturated rings. The second-order valence-corrected chi connectivity index (χ2v) is 10.9. The molecule has 10 nitrogen and oxygen atoms in total. The van der Waals surface area contributed by atoms with E-state index in [4.69, 9.17) is 14.7 Å². The molecule has 166 valence electrons. The number of rotatable bonds is 5. The summed E-state index contributed by atoms with van der Waals surface area (Å²) in [5.74, 6) is 1.61. The summed E-state index contributed by atoms with van der Waals surface area (Å²) in [7, 11) is -3.12. The number of piperazine rings is 1. The number of anilines is 1. The molecule has 0 unspecified atom stereocenters. The Morgan fingerprint density at radius 3 is 2.58 bits per heavy atom. The molecule has 0 aromatic carbocycles. The van der Waals surface area contributed by atoms with Crippen molar-refractivity contribution in [3.63, 3.8) is 0 Å². The molecule has 0 radical (unpaired) electrons. The number of aromatic amines is 1. The molecule has 3 aromatic rings. The minimum atomic E-state index is -3.12. The predicted molar refractivity (Wildman–Crippen MR) is 120 cm³/mol. The van der Waals surface area contributed by atoms with Crippen molar-refractivity contribution in [2.75, 3.05) is 63.6 Å². The number of fused-ring (bicyclic) bond motifs is 1. The zero-order valence-corrected chi connectivity index (χ0v) is 19.0. The molecule has 3 aromatic heterocycles. The highest BCUT2D eigenvalue weighted by molar-refractivity contribution is 7.88. The lowest BCUT2D eigenvalue weighted by atomic mass is 10.3. The lowest BCUT2D eigenvalue weighted by Crippen LogP contribution is -2.47. The second kappa shape index (κ2) is 8.43. The SMILES string of the molecule is CS(=O)(=O)N1CCN(Cc2cc3nc(-c4cn[nH]c4)nc(N4CCOCC4)c3s2)CC1. The molecule has 0 bridgehead atoms. The van der Waals surface area contributed by atoms with Gasteiger partial charge in [-0.25, -0.2) is 18.4 Å². The Morgan fingerprint density at radius 1 is 1.13 bits per heavy atom. The standard InChI is InChI=1S/C19H25N7O3S2/c1-31(27,28)26-4-2-24(3-5-26)13-15-10-16-17(30-15)19(25-6-8-29-9-7-25)23-18(22-16)14-11-20-21-12-14/h10-12H,2-9,13H2,1H3,(H,20,21). The van der Waals surface area contributed by atoms with Crippen LogP contribution in [0.25, 0.3) is 21.6 Å². The molecular weight excluding hydrogens is 438 g/mol. The molecule has 5 heterocycles. The van der Waals surface area contributed by atoms with E-state index < -0.39 is 10.0 Å². The number of nitrogens with one attached hydrogen (secondary N) is 1. The van der Waals surface area contributed by atoms with Gasteiger partial charge in [-0.1, -0.05) is 0 Å². The first-order valence-corrected chi connectivity index (χ1v) is 12.9. The maximum Gasteiger partial charge on any atom is 0.211 e. The van der Waals surface area contributed by atoms with Gasteiger partial charge in [-0.05, 0) is 6.07 Å². The van der Waals surface area contributed by atoms with Crippen molar-refractivity contribution >= 4 is 37.4 Å².